The summed E-state index contributed by atoms with van der Waals surface area (Å²) in [5.41, 5.74) is 5.13. The highest BCUT2D eigenvalue weighted by Crippen LogP contribution is 2.26. The maximum Gasteiger partial charge on any atom is 0.258 e. The van der Waals surface area contributed by atoms with Crippen molar-refractivity contribution in [1.29, 1.82) is 0 Å². The molecule has 0 aliphatic carbocycles. The first-order valence-corrected chi connectivity index (χ1v) is 6.45. The van der Waals surface area contributed by atoms with Gasteiger partial charge in [-0.05, 0) is 19.1 Å². The van der Waals surface area contributed by atoms with E-state index in [1.807, 2.05) is 6.92 Å². The van der Waals surface area contributed by atoms with Crippen LogP contribution in [0.4, 0.5) is 0 Å². The Labute approximate surface area is 123 Å². The molecule has 1 rings (SSSR count). The maximum atomic E-state index is 11.7. The highest BCUT2D eigenvalue weighted by molar-refractivity contribution is 5.87. The third-order valence-corrected chi connectivity index (χ3v) is 2.51. The standard InChI is InChI=1S/C15H18N2O4/c1-3-7-11(15(16)19)17-14(18)10-21-13-9-6-5-8-12(13)20-4-2/h1,5-6,8-9,11H,4,7,10H2,2H3,(H2,16,19)(H,17,18)/t11-/m1/s1. The number of nitrogens with one attached hydrogen (secondary N) is 1. The molecule has 0 bridgehead atoms. The Morgan fingerprint density at radius 2 is 1.95 bits per heavy atom. The normalized spacial score (nSPS) is 11.0. The molecule has 0 heterocycles. The van der Waals surface area contributed by atoms with Crippen LogP contribution in [0.1, 0.15) is 13.3 Å². The molecule has 0 unspecified atom stereocenters. The second-order valence-corrected chi connectivity index (χ2v) is 4.10. The molecule has 1 aromatic rings. The van der Waals surface area contributed by atoms with Crippen LogP contribution >= 0.6 is 0 Å². The molecule has 6 nitrogen and oxygen atoms in total. The quantitative estimate of drug-likeness (QED) is 0.680. The molecule has 21 heavy (non-hydrogen) atoms. The molecule has 6 heteroatoms. The van der Waals surface area contributed by atoms with E-state index in [2.05, 4.69) is 11.2 Å². The van der Waals surface area contributed by atoms with Gasteiger partial charge in [-0.25, -0.2) is 0 Å². The maximum absolute atomic E-state index is 11.7. The van der Waals surface area contributed by atoms with Crippen molar-refractivity contribution in [3.8, 4) is 23.8 Å². The summed E-state index contributed by atoms with van der Waals surface area (Å²) in [5, 5.41) is 2.42. The van der Waals surface area contributed by atoms with Crippen LogP contribution < -0.4 is 20.5 Å². The Kier molecular flexibility index (Phi) is 6.61. The van der Waals surface area contributed by atoms with Crippen molar-refractivity contribution in [2.75, 3.05) is 13.2 Å². The van der Waals surface area contributed by atoms with Gasteiger partial charge in [0.05, 0.1) is 6.61 Å². The van der Waals surface area contributed by atoms with Gasteiger partial charge in [0, 0.05) is 6.42 Å². The number of carbonyl (C=O) groups excluding carboxylic acids is 2. The molecule has 0 saturated carbocycles. The van der Waals surface area contributed by atoms with Crippen molar-refractivity contribution in [2.45, 2.75) is 19.4 Å². The number of primary amides is 1. The number of hydrogen-bond acceptors (Lipinski definition) is 4. The average molecular weight is 290 g/mol. The van der Waals surface area contributed by atoms with Crippen LogP contribution in [0, 0.1) is 12.3 Å². The lowest BCUT2D eigenvalue weighted by Crippen LogP contribution is -2.45. The zero-order valence-corrected chi connectivity index (χ0v) is 11.8. The molecule has 0 fully saturated rings. The lowest BCUT2D eigenvalue weighted by Gasteiger charge is -2.14. The van der Waals surface area contributed by atoms with Crippen LogP contribution in [0.15, 0.2) is 24.3 Å². The van der Waals surface area contributed by atoms with Gasteiger partial charge in [0.25, 0.3) is 5.91 Å². The molecule has 3 N–H and O–H groups in total. The van der Waals surface area contributed by atoms with Crippen molar-refractivity contribution in [2.24, 2.45) is 5.73 Å². The molecule has 0 radical (unpaired) electrons. The van der Waals surface area contributed by atoms with Gasteiger partial charge in [-0.1, -0.05) is 12.1 Å². The Hall–Kier alpha value is -2.68. The molecule has 0 aliphatic rings. The van der Waals surface area contributed by atoms with E-state index in [4.69, 9.17) is 21.6 Å². The van der Waals surface area contributed by atoms with E-state index in [1.54, 1.807) is 24.3 Å². The fourth-order valence-corrected chi connectivity index (χ4v) is 1.56. The number of rotatable bonds is 8. The number of carbonyl (C=O) groups is 2. The number of ether oxygens (including phenoxy) is 2. The Morgan fingerprint density at radius 3 is 2.48 bits per heavy atom. The van der Waals surface area contributed by atoms with Gasteiger partial charge in [-0.2, -0.15) is 0 Å². The first kappa shape index (κ1) is 16.4. The minimum absolute atomic E-state index is 0.0383. The molecular weight excluding hydrogens is 272 g/mol. The summed E-state index contributed by atoms with van der Waals surface area (Å²) in [7, 11) is 0. The predicted molar refractivity (Wildman–Crippen MR) is 77.7 cm³/mol. The lowest BCUT2D eigenvalue weighted by molar-refractivity contribution is -0.128. The SMILES string of the molecule is C#CC[C@@H](NC(=O)COc1ccccc1OCC)C(N)=O. The number of hydrogen-bond donors (Lipinski definition) is 2. The minimum Gasteiger partial charge on any atom is -0.490 e. The smallest absolute Gasteiger partial charge is 0.258 e. The highest BCUT2D eigenvalue weighted by Gasteiger charge is 2.17. The Bertz CT molecular complexity index is 537. The third kappa shape index (κ3) is 5.45. The van der Waals surface area contributed by atoms with Crippen LogP contribution in [0.25, 0.3) is 0 Å². The Morgan fingerprint density at radius 1 is 1.33 bits per heavy atom. The van der Waals surface area contributed by atoms with Crippen molar-refractivity contribution < 1.29 is 19.1 Å². The molecule has 0 aliphatic heterocycles. The van der Waals surface area contributed by atoms with E-state index in [1.165, 1.54) is 0 Å². The largest absolute Gasteiger partial charge is 0.490 e. The van der Waals surface area contributed by atoms with Gasteiger partial charge < -0.3 is 20.5 Å². The summed E-state index contributed by atoms with van der Waals surface area (Å²) in [5.74, 6) is 2.10. The second-order valence-electron chi connectivity index (χ2n) is 4.10. The molecule has 0 saturated heterocycles. The van der Waals surface area contributed by atoms with Crippen molar-refractivity contribution in [1.82, 2.24) is 5.32 Å². The third-order valence-electron chi connectivity index (χ3n) is 2.51. The summed E-state index contributed by atoms with van der Waals surface area (Å²) in [6.45, 7) is 2.07. The minimum atomic E-state index is -0.895. The van der Waals surface area contributed by atoms with Crippen molar-refractivity contribution in [3.63, 3.8) is 0 Å². The van der Waals surface area contributed by atoms with Gasteiger partial charge in [0.1, 0.15) is 6.04 Å². The van der Waals surface area contributed by atoms with Crippen LogP contribution in [-0.4, -0.2) is 31.1 Å². The zero-order chi connectivity index (χ0) is 15.7. The molecule has 2 amide bonds. The lowest BCUT2D eigenvalue weighted by atomic mass is 10.2. The van der Waals surface area contributed by atoms with Gasteiger partial charge in [-0.15, -0.1) is 12.3 Å². The summed E-state index contributed by atoms with van der Waals surface area (Å²) in [6.07, 6.45) is 5.14. The van der Waals surface area contributed by atoms with Gasteiger partial charge >= 0.3 is 0 Å². The first-order valence-electron chi connectivity index (χ1n) is 6.45. The number of para-hydroxylation sites is 2. The van der Waals surface area contributed by atoms with E-state index in [0.717, 1.165) is 0 Å². The van der Waals surface area contributed by atoms with Crippen LogP contribution in [0.3, 0.4) is 0 Å². The van der Waals surface area contributed by atoms with E-state index in [9.17, 15) is 9.59 Å². The first-order chi connectivity index (χ1) is 10.1. The molecular formula is C15H18N2O4. The van der Waals surface area contributed by atoms with Crippen molar-refractivity contribution in [3.05, 3.63) is 24.3 Å². The summed E-state index contributed by atoms with van der Waals surface area (Å²) < 4.78 is 10.7. The fourth-order valence-electron chi connectivity index (χ4n) is 1.56. The second kappa shape index (κ2) is 8.48. The van der Waals surface area contributed by atoms with Gasteiger partial charge in [-0.3, -0.25) is 9.59 Å². The van der Waals surface area contributed by atoms with Crippen molar-refractivity contribution >= 4 is 11.8 Å². The summed E-state index contributed by atoms with van der Waals surface area (Å²) in [6, 6.07) is 6.09. The van der Waals surface area contributed by atoms with E-state index in [0.29, 0.717) is 18.1 Å². The van der Waals surface area contributed by atoms with Gasteiger partial charge in [0.2, 0.25) is 5.91 Å². The number of amides is 2. The topological polar surface area (TPSA) is 90.7 Å². The molecule has 0 aromatic heterocycles. The zero-order valence-electron chi connectivity index (χ0n) is 11.8. The van der Waals surface area contributed by atoms with E-state index in [-0.39, 0.29) is 13.0 Å². The summed E-state index contributed by atoms with van der Waals surface area (Å²) in [4.78, 5) is 22.8. The number of terminal acetylenes is 1. The van der Waals surface area contributed by atoms with Gasteiger partial charge in [0.15, 0.2) is 18.1 Å². The molecule has 112 valence electrons. The van der Waals surface area contributed by atoms with E-state index < -0.39 is 17.9 Å². The number of benzene rings is 1. The van der Waals surface area contributed by atoms with E-state index >= 15 is 0 Å². The van der Waals surface area contributed by atoms with Crippen LogP contribution in [0.5, 0.6) is 11.5 Å². The Balaban J connectivity index is 2.57. The van der Waals surface area contributed by atoms with Crippen LogP contribution in [-0.2, 0) is 9.59 Å². The predicted octanol–water partition coefficient (Wildman–Crippen LogP) is 0.457. The highest BCUT2D eigenvalue weighted by atomic mass is 16.5. The molecule has 1 atom stereocenters. The molecule has 1 aromatic carbocycles. The monoisotopic (exact) mass is 290 g/mol. The number of nitrogens with two attached hydrogens (primary N) is 1. The average Bonchev–Trinajstić information content (AvgIpc) is 2.46. The molecule has 0 spiro atoms. The summed E-state index contributed by atoms with van der Waals surface area (Å²) >= 11 is 0. The fraction of sp³-hybridized carbons (Fsp3) is 0.333. The van der Waals surface area contributed by atoms with Crippen LogP contribution in [0.2, 0.25) is 0 Å².